The summed E-state index contributed by atoms with van der Waals surface area (Å²) in [6.45, 7) is 5.28. The van der Waals surface area contributed by atoms with E-state index >= 15 is 0 Å². The lowest BCUT2D eigenvalue weighted by molar-refractivity contribution is 0.148. The highest BCUT2D eigenvalue weighted by Crippen LogP contribution is 1.98. The van der Waals surface area contributed by atoms with Gasteiger partial charge in [-0.25, -0.2) is 4.79 Å². The lowest BCUT2D eigenvalue weighted by atomic mass is 10.3. The molecule has 0 aliphatic rings. The van der Waals surface area contributed by atoms with Crippen LogP contribution in [-0.2, 0) is 4.74 Å². The molecule has 0 aromatic rings. The number of nitrogens with one attached hydrogen (secondary N) is 1. The molecule has 0 aliphatic carbocycles. The quantitative estimate of drug-likeness (QED) is 0.478. The van der Waals surface area contributed by atoms with Crippen molar-refractivity contribution in [2.24, 2.45) is 0 Å². The summed E-state index contributed by atoms with van der Waals surface area (Å²) in [5, 5.41) is 2.67. The first kappa shape index (κ1) is 12.0. The summed E-state index contributed by atoms with van der Waals surface area (Å²) in [6.07, 6.45) is 1.80. The maximum Gasteiger partial charge on any atom is 0.407 e. The fourth-order valence-electron chi connectivity index (χ4n) is 0.609. The van der Waals surface area contributed by atoms with Crippen molar-refractivity contribution in [3.63, 3.8) is 0 Å². The zero-order chi connectivity index (χ0) is 9.40. The first-order valence-electron chi connectivity index (χ1n) is 4.21. The fourth-order valence-corrected chi connectivity index (χ4v) is 0.789. The molecular formula is C8H16INO2. The Balaban J connectivity index is 3.22. The van der Waals surface area contributed by atoms with E-state index in [-0.39, 0.29) is 6.09 Å². The fraction of sp³-hybridized carbons (Fsp3) is 0.875. The van der Waals surface area contributed by atoms with Gasteiger partial charge in [-0.1, -0.05) is 42.9 Å². The second-order valence-corrected chi connectivity index (χ2v) is 4.79. The van der Waals surface area contributed by atoms with Crippen molar-refractivity contribution in [3.05, 3.63) is 0 Å². The normalized spacial score (nSPS) is 12.2. The van der Waals surface area contributed by atoms with E-state index in [1.807, 2.05) is 6.92 Å². The third kappa shape index (κ3) is 8.10. The highest BCUT2D eigenvalue weighted by atomic mass is 127. The number of unbranched alkanes of at least 4 members (excludes halogenated alkanes) is 1. The Morgan fingerprint density at radius 1 is 1.67 bits per heavy atom. The van der Waals surface area contributed by atoms with Crippen LogP contribution in [0.15, 0.2) is 0 Å². The van der Waals surface area contributed by atoms with Crippen molar-refractivity contribution in [1.82, 2.24) is 5.32 Å². The Bertz CT molecular complexity index is 128. The van der Waals surface area contributed by atoms with Gasteiger partial charge in [-0.15, -0.1) is 0 Å². The Morgan fingerprint density at radius 2 is 2.33 bits per heavy atom. The summed E-state index contributed by atoms with van der Waals surface area (Å²) < 4.78 is 5.27. The van der Waals surface area contributed by atoms with E-state index in [2.05, 4.69) is 34.8 Å². The largest absolute Gasteiger partial charge is 0.448 e. The van der Waals surface area contributed by atoms with E-state index < -0.39 is 0 Å². The number of rotatable bonds is 5. The molecule has 0 heterocycles. The third-order valence-electron chi connectivity index (χ3n) is 1.24. The average Bonchev–Trinajstić information content (AvgIpc) is 2.01. The monoisotopic (exact) mass is 285 g/mol. The van der Waals surface area contributed by atoms with Crippen LogP contribution in [0.5, 0.6) is 0 Å². The molecule has 0 aromatic carbocycles. The molecule has 1 unspecified atom stereocenters. The van der Waals surface area contributed by atoms with E-state index in [1.165, 1.54) is 0 Å². The highest BCUT2D eigenvalue weighted by Gasteiger charge is 2.02. The highest BCUT2D eigenvalue weighted by molar-refractivity contribution is 14.1. The van der Waals surface area contributed by atoms with Gasteiger partial charge in [-0.05, 0) is 6.42 Å². The summed E-state index contributed by atoms with van der Waals surface area (Å²) in [7, 11) is 0. The number of hydrogen-bond donors (Lipinski definition) is 1. The zero-order valence-corrected chi connectivity index (χ0v) is 9.76. The molecule has 0 saturated carbocycles. The number of ether oxygens (including phenoxy) is 1. The van der Waals surface area contributed by atoms with Crippen molar-refractivity contribution in [3.8, 4) is 0 Å². The van der Waals surface area contributed by atoms with Crippen LogP contribution >= 0.6 is 22.6 Å². The maximum atomic E-state index is 10.9. The number of carbonyl (C=O) groups is 1. The van der Waals surface area contributed by atoms with Crippen LogP contribution in [0.2, 0.25) is 0 Å². The zero-order valence-electron chi connectivity index (χ0n) is 7.60. The first-order valence-corrected chi connectivity index (χ1v) is 5.46. The molecular weight excluding hydrogens is 269 g/mol. The third-order valence-corrected chi connectivity index (χ3v) is 1.60. The smallest absolute Gasteiger partial charge is 0.407 e. The molecule has 0 saturated heterocycles. The number of halogens is 1. The molecule has 0 bridgehead atoms. The predicted octanol–water partition coefficient (Wildman–Crippen LogP) is 2.34. The van der Waals surface area contributed by atoms with Crippen LogP contribution < -0.4 is 5.32 Å². The Labute approximate surface area is 87.4 Å². The molecule has 3 nitrogen and oxygen atoms in total. The molecule has 0 aromatic heterocycles. The van der Waals surface area contributed by atoms with Crippen molar-refractivity contribution in [2.45, 2.75) is 30.6 Å². The average molecular weight is 285 g/mol. The van der Waals surface area contributed by atoms with Gasteiger partial charge in [-0.2, -0.15) is 0 Å². The van der Waals surface area contributed by atoms with Gasteiger partial charge in [0, 0.05) is 10.5 Å². The first-order chi connectivity index (χ1) is 5.66. The van der Waals surface area contributed by atoms with Gasteiger partial charge in [-0.3, -0.25) is 0 Å². The minimum absolute atomic E-state index is 0.299. The standard InChI is InChI=1S/C8H16INO2/c1-3-4-5-10-8(11)12-6-7(2)9/h7H,3-6H2,1-2H3,(H,10,11). The SMILES string of the molecule is CCCCNC(=O)OCC(C)I. The number of amides is 1. The van der Waals surface area contributed by atoms with E-state index in [4.69, 9.17) is 4.74 Å². The van der Waals surface area contributed by atoms with Crippen molar-refractivity contribution < 1.29 is 9.53 Å². The molecule has 0 radical (unpaired) electrons. The number of alkyl halides is 1. The van der Waals surface area contributed by atoms with E-state index in [0.717, 1.165) is 12.8 Å². The van der Waals surface area contributed by atoms with Crippen LogP contribution in [0.4, 0.5) is 4.79 Å². The molecule has 1 atom stereocenters. The lowest BCUT2D eigenvalue weighted by Gasteiger charge is -2.06. The van der Waals surface area contributed by atoms with E-state index in [1.54, 1.807) is 0 Å². The Hall–Kier alpha value is 0. The van der Waals surface area contributed by atoms with Gasteiger partial charge >= 0.3 is 6.09 Å². The summed E-state index contributed by atoms with van der Waals surface area (Å²) in [6, 6.07) is 0. The minimum atomic E-state index is -0.299. The van der Waals surface area contributed by atoms with Crippen molar-refractivity contribution >= 4 is 28.7 Å². The molecule has 72 valence electrons. The summed E-state index contributed by atoms with van der Waals surface area (Å²) in [5.41, 5.74) is 0. The predicted molar refractivity (Wildman–Crippen MR) is 57.7 cm³/mol. The van der Waals surface area contributed by atoms with Gasteiger partial charge in [0.2, 0.25) is 0 Å². The van der Waals surface area contributed by atoms with Gasteiger partial charge in [0.25, 0.3) is 0 Å². The molecule has 0 fully saturated rings. The Morgan fingerprint density at radius 3 is 2.83 bits per heavy atom. The maximum absolute atomic E-state index is 10.9. The number of hydrogen-bond acceptors (Lipinski definition) is 2. The minimum Gasteiger partial charge on any atom is -0.448 e. The second kappa shape index (κ2) is 7.64. The number of carbonyl (C=O) groups excluding carboxylic acids is 1. The van der Waals surface area contributed by atoms with Crippen LogP contribution in [0.3, 0.4) is 0 Å². The molecule has 0 aliphatic heterocycles. The van der Waals surface area contributed by atoms with Gasteiger partial charge in [0.1, 0.15) is 6.61 Å². The van der Waals surface area contributed by atoms with Crippen LogP contribution in [0.25, 0.3) is 0 Å². The van der Waals surface area contributed by atoms with Crippen LogP contribution in [0.1, 0.15) is 26.7 Å². The van der Waals surface area contributed by atoms with Crippen LogP contribution in [-0.4, -0.2) is 23.2 Å². The molecule has 0 spiro atoms. The van der Waals surface area contributed by atoms with Crippen molar-refractivity contribution in [1.29, 1.82) is 0 Å². The van der Waals surface area contributed by atoms with Gasteiger partial charge in [0.05, 0.1) is 0 Å². The van der Waals surface area contributed by atoms with E-state index in [9.17, 15) is 4.79 Å². The van der Waals surface area contributed by atoms with Gasteiger partial charge in [0.15, 0.2) is 0 Å². The number of alkyl carbamates (subject to hydrolysis) is 1. The van der Waals surface area contributed by atoms with Gasteiger partial charge < -0.3 is 10.1 Å². The second-order valence-electron chi connectivity index (χ2n) is 2.66. The molecule has 1 amide bonds. The van der Waals surface area contributed by atoms with Crippen LogP contribution in [0, 0.1) is 0 Å². The molecule has 0 rings (SSSR count). The molecule has 1 N–H and O–H groups in total. The summed E-state index contributed by atoms with van der Waals surface area (Å²) >= 11 is 2.22. The Kier molecular flexibility index (Phi) is 7.64. The lowest BCUT2D eigenvalue weighted by Crippen LogP contribution is -2.26. The topological polar surface area (TPSA) is 38.3 Å². The molecule has 4 heteroatoms. The van der Waals surface area contributed by atoms with Crippen molar-refractivity contribution in [2.75, 3.05) is 13.2 Å². The summed E-state index contributed by atoms with van der Waals surface area (Å²) in [4.78, 5) is 10.9. The molecule has 12 heavy (non-hydrogen) atoms. The summed E-state index contributed by atoms with van der Waals surface area (Å²) in [5.74, 6) is 0. The van der Waals surface area contributed by atoms with E-state index in [0.29, 0.717) is 17.1 Å².